The maximum absolute atomic E-state index is 11.3. The number of carbonyl (C=O) groups excluding carboxylic acids is 2. The highest BCUT2D eigenvalue weighted by Crippen LogP contribution is 2.07. The molecule has 0 spiro atoms. The van der Waals surface area contributed by atoms with Gasteiger partial charge in [0.2, 0.25) is 11.8 Å². The van der Waals surface area contributed by atoms with Crippen LogP contribution in [0, 0.1) is 0 Å². The molecule has 68 valence electrons. The first-order chi connectivity index (χ1) is 5.57. The van der Waals surface area contributed by atoms with Crippen LogP contribution >= 0.6 is 0 Å². The van der Waals surface area contributed by atoms with Crippen molar-refractivity contribution in [3.63, 3.8) is 0 Å². The summed E-state index contributed by atoms with van der Waals surface area (Å²) in [7, 11) is 3.07. The largest absolute Gasteiger partial charge is 0.394 e. The van der Waals surface area contributed by atoms with Crippen molar-refractivity contribution >= 4 is 11.8 Å². The summed E-state index contributed by atoms with van der Waals surface area (Å²) in [5.41, 5.74) is 0. The van der Waals surface area contributed by atoms with Crippen LogP contribution in [0.15, 0.2) is 0 Å². The Kier molecular flexibility index (Phi) is 2.32. The van der Waals surface area contributed by atoms with E-state index in [1.54, 1.807) is 7.05 Å². The Morgan fingerprint density at radius 1 is 1.50 bits per heavy atom. The molecule has 1 heterocycles. The second kappa shape index (κ2) is 3.10. The number of piperazine rings is 1. The van der Waals surface area contributed by atoms with Crippen LogP contribution in [0.5, 0.6) is 0 Å². The first-order valence-electron chi connectivity index (χ1n) is 3.69. The fourth-order valence-electron chi connectivity index (χ4n) is 1.19. The molecule has 0 saturated carbocycles. The lowest BCUT2D eigenvalue weighted by Crippen LogP contribution is -2.58. The molecule has 1 rings (SSSR count). The maximum atomic E-state index is 11.3. The molecule has 5 heteroatoms. The van der Waals surface area contributed by atoms with Gasteiger partial charge in [0.1, 0.15) is 6.04 Å². The molecule has 1 atom stereocenters. The van der Waals surface area contributed by atoms with Gasteiger partial charge in [0.15, 0.2) is 0 Å². The van der Waals surface area contributed by atoms with E-state index in [4.69, 9.17) is 5.11 Å². The van der Waals surface area contributed by atoms with Gasteiger partial charge < -0.3 is 14.9 Å². The molecule has 5 nitrogen and oxygen atoms in total. The Morgan fingerprint density at radius 3 is 2.58 bits per heavy atom. The molecule has 1 aliphatic heterocycles. The van der Waals surface area contributed by atoms with Crippen LogP contribution in [0.3, 0.4) is 0 Å². The molecular weight excluding hydrogens is 160 g/mol. The monoisotopic (exact) mass is 172 g/mol. The van der Waals surface area contributed by atoms with Crippen molar-refractivity contribution < 1.29 is 14.7 Å². The molecule has 2 amide bonds. The molecule has 1 N–H and O–H groups in total. The molecule has 1 aliphatic rings. The number of amides is 2. The lowest BCUT2D eigenvalue weighted by atomic mass is 10.2. The van der Waals surface area contributed by atoms with E-state index in [9.17, 15) is 9.59 Å². The molecule has 1 saturated heterocycles. The minimum absolute atomic E-state index is 0.103. The zero-order valence-corrected chi connectivity index (χ0v) is 7.15. The predicted octanol–water partition coefficient (Wildman–Crippen LogP) is -1.72. The molecule has 0 aliphatic carbocycles. The first-order valence-corrected chi connectivity index (χ1v) is 3.69. The fraction of sp³-hybridized carbons (Fsp3) is 0.714. The molecular formula is C7H12N2O3. The number of likely N-dealkylation sites (N-methyl/N-ethyl adjacent to an activating group) is 2. The van der Waals surface area contributed by atoms with E-state index in [2.05, 4.69) is 0 Å². The molecule has 0 aromatic carbocycles. The van der Waals surface area contributed by atoms with Crippen molar-refractivity contribution in [2.45, 2.75) is 6.04 Å². The molecule has 0 unspecified atom stereocenters. The summed E-state index contributed by atoms with van der Waals surface area (Å²) in [4.78, 5) is 25.0. The van der Waals surface area contributed by atoms with E-state index in [-0.39, 0.29) is 25.0 Å². The van der Waals surface area contributed by atoms with E-state index in [0.717, 1.165) is 0 Å². The Balaban J connectivity index is 2.81. The van der Waals surface area contributed by atoms with Crippen molar-refractivity contribution in [3.8, 4) is 0 Å². The van der Waals surface area contributed by atoms with Crippen molar-refractivity contribution in [2.24, 2.45) is 0 Å². The third kappa shape index (κ3) is 1.27. The van der Waals surface area contributed by atoms with Gasteiger partial charge in [0.05, 0.1) is 13.2 Å². The summed E-state index contributed by atoms with van der Waals surface area (Å²) in [6.45, 7) is -0.211. The Hall–Kier alpha value is -1.10. The Morgan fingerprint density at radius 2 is 2.08 bits per heavy atom. The topological polar surface area (TPSA) is 60.9 Å². The van der Waals surface area contributed by atoms with Gasteiger partial charge in [0.25, 0.3) is 0 Å². The van der Waals surface area contributed by atoms with Gasteiger partial charge in [-0.3, -0.25) is 9.59 Å². The third-order valence-electron chi connectivity index (χ3n) is 2.07. The summed E-state index contributed by atoms with van der Waals surface area (Å²) in [6, 6.07) is -0.698. The van der Waals surface area contributed by atoms with Crippen LogP contribution in [0.2, 0.25) is 0 Å². The quantitative estimate of drug-likeness (QED) is 0.511. The minimum atomic E-state index is -0.698. The van der Waals surface area contributed by atoms with Gasteiger partial charge >= 0.3 is 0 Å². The highest BCUT2D eigenvalue weighted by Gasteiger charge is 2.34. The lowest BCUT2D eigenvalue weighted by Gasteiger charge is -2.35. The second-order valence-corrected chi connectivity index (χ2v) is 2.90. The summed E-state index contributed by atoms with van der Waals surface area (Å²) in [5, 5.41) is 8.83. The number of rotatable bonds is 1. The highest BCUT2D eigenvalue weighted by molar-refractivity contribution is 5.94. The second-order valence-electron chi connectivity index (χ2n) is 2.90. The average molecular weight is 172 g/mol. The van der Waals surface area contributed by atoms with Crippen molar-refractivity contribution in [1.82, 2.24) is 9.80 Å². The number of hydrogen-bond acceptors (Lipinski definition) is 3. The zero-order chi connectivity index (χ0) is 9.30. The van der Waals surface area contributed by atoms with E-state index >= 15 is 0 Å². The summed E-state index contributed by atoms with van der Waals surface area (Å²) >= 11 is 0. The molecule has 0 radical (unpaired) electrons. The van der Waals surface area contributed by atoms with Gasteiger partial charge in [-0.25, -0.2) is 0 Å². The fourth-order valence-corrected chi connectivity index (χ4v) is 1.19. The normalized spacial score (nSPS) is 25.1. The van der Waals surface area contributed by atoms with Crippen LogP contribution < -0.4 is 0 Å². The Bertz CT molecular complexity index is 217. The smallest absolute Gasteiger partial charge is 0.247 e. The van der Waals surface area contributed by atoms with Crippen LogP contribution in [0.25, 0.3) is 0 Å². The summed E-state index contributed by atoms with van der Waals surface area (Å²) < 4.78 is 0. The van der Waals surface area contributed by atoms with Crippen molar-refractivity contribution in [2.75, 3.05) is 27.2 Å². The highest BCUT2D eigenvalue weighted by atomic mass is 16.3. The summed E-state index contributed by atoms with van der Waals surface area (Å²) in [5.74, 6) is -0.351. The van der Waals surface area contributed by atoms with E-state index in [1.807, 2.05) is 0 Å². The number of hydrogen-bond donors (Lipinski definition) is 1. The van der Waals surface area contributed by atoms with Crippen LogP contribution in [0.4, 0.5) is 0 Å². The molecule has 12 heavy (non-hydrogen) atoms. The Labute approximate surface area is 70.6 Å². The zero-order valence-electron chi connectivity index (χ0n) is 7.15. The standard InChI is InChI=1S/C7H12N2O3/c1-8-3-6(11)9(2)5(4-10)7(8)12/h5,10H,3-4H2,1-2H3/t5-/m0/s1. The van der Waals surface area contributed by atoms with E-state index in [0.29, 0.717) is 0 Å². The summed E-state index contributed by atoms with van der Waals surface area (Å²) in [6.07, 6.45) is 0. The van der Waals surface area contributed by atoms with Gasteiger partial charge in [-0.05, 0) is 0 Å². The average Bonchev–Trinajstić information content (AvgIpc) is 2.02. The van der Waals surface area contributed by atoms with Gasteiger partial charge in [-0.15, -0.1) is 0 Å². The van der Waals surface area contributed by atoms with E-state index in [1.165, 1.54) is 16.8 Å². The number of aliphatic hydroxyl groups excluding tert-OH is 1. The number of nitrogens with zero attached hydrogens (tertiary/aromatic N) is 2. The molecule has 0 aromatic heterocycles. The molecule has 0 bridgehead atoms. The van der Waals surface area contributed by atoms with Crippen LogP contribution in [-0.4, -0.2) is 60.0 Å². The van der Waals surface area contributed by atoms with Gasteiger partial charge in [-0.1, -0.05) is 0 Å². The van der Waals surface area contributed by atoms with Gasteiger partial charge in [-0.2, -0.15) is 0 Å². The van der Waals surface area contributed by atoms with Crippen molar-refractivity contribution in [3.05, 3.63) is 0 Å². The van der Waals surface area contributed by atoms with Crippen LogP contribution in [-0.2, 0) is 9.59 Å². The van der Waals surface area contributed by atoms with Crippen LogP contribution in [0.1, 0.15) is 0 Å². The maximum Gasteiger partial charge on any atom is 0.247 e. The number of aliphatic hydroxyl groups is 1. The minimum Gasteiger partial charge on any atom is -0.394 e. The SMILES string of the molecule is CN1CC(=O)N(C)[C@@H](CO)C1=O. The molecule has 0 aromatic rings. The van der Waals surface area contributed by atoms with Crippen molar-refractivity contribution in [1.29, 1.82) is 0 Å². The number of carbonyl (C=O) groups is 2. The third-order valence-corrected chi connectivity index (χ3v) is 2.07. The predicted molar refractivity (Wildman–Crippen MR) is 41.3 cm³/mol. The molecule has 1 fully saturated rings. The van der Waals surface area contributed by atoms with E-state index < -0.39 is 6.04 Å². The lowest BCUT2D eigenvalue weighted by molar-refractivity contribution is -0.154. The van der Waals surface area contributed by atoms with Gasteiger partial charge in [0, 0.05) is 14.1 Å². The first kappa shape index (κ1) is 8.99.